The zero-order valence-corrected chi connectivity index (χ0v) is 13.6. The molecule has 0 fully saturated rings. The largest absolute Gasteiger partial charge is 0.314 e. The second-order valence-electron chi connectivity index (χ2n) is 5.16. The third kappa shape index (κ3) is 3.27. The molecular formula is C15H24N4S. The van der Waals surface area contributed by atoms with Gasteiger partial charge in [0, 0.05) is 17.6 Å². The van der Waals surface area contributed by atoms with Crippen LogP contribution in [0, 0.1) is 0 Å². The molecule has 110 valence electrons. The maximum atomic E-state index is 4.78. The number of hydrogen-bond donors (Lipinski definition) is 1. The van der Waals surface area contributed by atoms with Gasteiger partial charge in [-0.25, -0.2) is 9.67 Å². The minimum Gasteiger partial charge on any atom is -0.314 e. The van der Waals surface area contributed by atoms with Crippen LogP contribution in [0.5, 0.6) is 0 Å². The van der Waals surface area contributed by atoms with Crippen molar-refractivity contribution in [2.24, 2.45) is 0 Å². The number of aryl methyl sites for hydroxylation is 1. The van der Waals surface area contributed by atoms with Crippen molar-refractivity contribution in [2.75, 3.05) is 6.54 Å². The second kappa shape index (κ2) is 6.99. The highest BCUT2D eigenvalue weighted by Gasteiger charge is 2.17. The van der Waals surface area contributed by atoms with Gasteiger partial charge in [0.15, 0.2) is 0 Å². The Bertz CT molecular complexity index is 528. The Balaban J connectivity index is 2.29. The summed E-state index contributed by atoms with van der Waals surface area (Å²) in [4.78, 5) is 4.40. The molecule has 0 bridgehead atoms. The van der Waals surface area contributed by atoms with Gasteiger partial charge in [-0.1, -0.05) is 27.7 Å². The van der Waals surface area contributed by atoms with Crippen LogP contribution >= 0.6 is 11.3 Å². The van der Waals surface area contributed by atoms with Crippen molar-refractivity contribution in [3.8, 4) is 5.13 Å². The molecule has 0 aliphatic carbocycles. The number of aromatic nitrogens is 3. The summed E-state index contributed by atoms with van der Waals surface area (Å²) in [6.07, 6.45) is 4.84. The highest BCUT2D eigenvalue weighted by Crippen LogP contribution is 2.22. The summed E-state index contributed by atoms with van der Waals surface area (Å²) in [6.45, 7) is 9.73. The molecule has 0 spiro atoms. The monoisotopic (exact) mass is 292 g/mol. The number of rotatable bonds is 7. The zero-order valence-electron chi connectivity index (χ0n) is 12.8. The number of hydrogen-bond acceptors (Lipinski definition) is 4. The first-order valence-corrected chi connectivity index (χ1v) is 8.28. The summed E-state index contributed by atoms with van der Waals surface area (Å²) in [7, 11) is 0. The van der Waals surface area contributed by atoms with Crippen LogP contribution in [0.25, 0.3) is 5.13 Å². The van der Waals surface area contributed by atoms with Crippen molar-refractivity contribution in [3.05, 3.63) is 28.5 Å². The van der Waals surface area contributed by atoms with Crippen molar-refractivity contribution < 1.29 is 0 Å². The molecule has 0 saturated carbocycles. The van der Waals surface area contributed by atoms with E-state index in [1.54, 1.807) is 11.3 Å². The van der Waals surface area contributed by atoms with Gasteiger partial charge in [-0.2, -0.15) is 5.10 Å². The second-order valence-corrected chi connectivity index (χ2v) is 6.04. The quantitative estimate of drug-likeness (QED) is 0.853. The average molecular weight is 292 g/mol. The molecule has 2 heterocycles. The maximum Gasteiger partial charge on any atom is 0.210 e. The average Bonchev–Trinajstić information content (AvgIpc) is 3.04. The molecule has 0 aromatic carbocycles. The zero-order chi connectivity index (χ0) is 14.5. The fraction of sp³-hybridized carbons (Fsp3) is 0.600. The fourth-order valence-corrected chi connectivity index (χ4v) is 3.05. The van der Waals surface area contributed by atoms with Crippen molar-refractivity contribution in [2.45, 2.75) is 53.0 Å². The van der Waals surface area contributed by atoms with Crippen molar-refractivity contribution in [1.82, 2.24) is 20.1 Å². The van der Waals surface area contributed by atoms with E-state index in [-0.39, 0.29) is 0 Å². The van der Waals surface area contributed by atoms with Gasteiger partial charge in [-0.15, -0.1) is 11.3 Å². The van der Waals surface area contributed by atoms with Crippen LogP contribution < -0.4 is 5.32 Å². The van der Waals surface area contributed by atoms with Crippen LogP contribution in [0.15, 0.2) is 11.6 Å². The molecule has 5 heteroatoms. The van der Waals surface area contributed by atoms with E-state index in [1.807, 2.05) is 16.3 Å². The lowest BCUT2D eigenvalue weighted by molar-refractivity contribution is 0.588. The third-order valence-electron chi connectivity index (χ3n) is 3.37. The highest BCUT2D eigenvalue weighted by molar-refractivity contribution is 7.12. The van der Waals surface area contributed by atoms with Crippen LogP contribution in [0.2, 0.25) is 0 Å². The van der Waals surface area contributed by atoms with Gasteiger partial charge >= 0.3 is 0 Å². The molecule has 0 radical (unpaired) electrons. The molecule has 0 aliphatic heterocycles. The smallest absolute Gasteiger partial charge is 0.210 e. The summed E-state index contributed by atoms with van der Waals surface area (Å²) in [5.74, 6) is 0. The predicted molar refractivity (Wildman–Crippen MR) is 84.8 cm³/mol. The van der Waals surface area contributed by atoms with E-state index in [0.29, 0.717) is 6.04 Å². The lowest BCUT2D eigenvalue weighted by Gasteiger charge is -2.09. The molecule has 0 aliphatic rings. The van der Waals surface area contributed by atoms with Crippen molar-refractivity contribution in [3.63, 3.8) is 0 Å². The van der Waals surface area contributed by atoms with Gasteiger partial charge in [0.25, 0.3) is 0 Å². The Hall–Kier alpha value is -1.20. The standard InChI is InChI=1S/C15H24N4S/c1-5-13-12(7-8-16-11(3)4)14(6-2)19(18-13)15-17-9-10-20-15/h9-11,16H,5-8H2,1-4H3. The van der Waals surface area contributed by atoms with E-state index in [4.69, 9.17) is 5.10 Å². The van der Waals surface area contributed by atoms with Crippen LogP contribution in [-0.2, 0) is 19.3 Å². The predicted octanol–water partition coefficient (Wildman–Crippen LogP) is 2.99. The van der Waals surface area contributed by atoms with Gasteiger partial charge in [0.2, 0.25) is 5.13 Å². The van der Waals surface area contributed by atoms with E-state index in [1.165, 1.54) is 17.0 Å². The van der Waals surface area contributed by atoms with Gasteiger partial charge in [-0.05, 0) is 31.4 Å². The minimum atomic E-state index is 0.527. The van der Waals surface area contributed by atoms with Crippen molar-refractivity contribution >= 4 is 11.3 Å². The van der Waals surface area contributed by atoms with Gasteiger partial charge < -0.3 is 5.32 Å². The number of nitrogens with zero attached hydrogens (tertiary/aromatic N) is 3. The summed E-state index contributed by atoms with van der Waals surface area (Å²) >= 11 is 1.64. The van der Waals surface area contributed by atoms with E-state index < -0.39 is 0 Å². The molecule has 1 N–H and O–H groups in total. The van der Waals surface area contributed by atoms with Gasteiger partial charge in [-0.3, -0.25) is 0 Å². The van der Waals surface area contributed by atoms with E-state index in [0.717, 1.165) is 30.9 Å². The Morgan fingerprint density at radius 1 is 1.30 bits per heavy atom. The molecule has 2 aromatic heterocycles. The topological polar surface area (TPSA) is 42.7 Å². The van der Waals surface area contributed by atoms with Crippen LogP contribution in [0.1, 0.15) is 44.6 Å². The van der Waals surface area contributed by atoms with Gasteiger partial charge in [0.05, 0.1) is 11.4 Å². The Kier molecular flexibility index (Phi) is 5.31. The Labute approximate surface area is 125 Å². The molecule has 0 amide bonds. The first-order valence-electron chi connectivity index (χ1n) is 7.40. The molecule has 20 heavy (non-hydrogen) atoms. The SMILES string of the molecule is CCc1nn(-c2nccs2)c(CC)c1CCNC(C)C. The molecule has 2 rings (SSSR count). The molecule has 0 saturated heterocycles. The lowest BCUT2D eigenvalue weighted by Crippen LogP contribution is -2.25. The Morgan fingerprint density at radius 2 is 2.10 bits per heavy atom. The molecule has 4 nitrogen and oxygen atoms in total. The number of thiazole rings is 1. The first-order chi connectivity index (χ1) is 9.67. The first kappa shape index (κ1) is 15.2. The molecule has 0 atom stereocenters. The fourth-order valence-electron chi connectivity index (χ4n) is 2.44. The Morgan fingerprint density at radius 3 is 2.65 bits per heavy atom. The lowest BCUT2D eigenvalue weighted by atomic mass is 10.1. The summed E-state index contributed by atoms with van der Waals surface area (Å²) < 4.78 is 2.04. The highest BCUT2D eigenvalue weighted by atomic mass is 32.1. The van der Waals surface area contributed by atoms with E-state index in [9.17, 15) is 0 Å². The van der Waals surface area contributed by atoms with Gasteiger partial charge in [0.1, 0.15) is 0 Å². The summed E-state index contributed by atoms with van der Waals surface area (Å²) in [5.41, 5.74) is 3.92. The summed E-state index contributed by atoms with van der Waals surface area (Å²) in [5, 5.41) is 11.2. The number of nitrogens with one attached hydrogen (secondary N) is 1. The molecular weight excluding hydrogens is 268 g/mol. The van der Waals surface area contributed by atoms with E-state index >= 15 is 0 Å². The minimum absolute atomic E-state index is 0.527. The maximum absolute atomic E-state index is 4.78. The van der Waals surface area contributed by atoms with Crippen LogP contribution in [0.4, 0.5) is 0 Å². The normalized spacial score (nSPS) is 11.4. The van der Waals surface area contributed by atoms with Crippen LogP contribution in [-0.4, -0.2) is 27.4 Å². The van der Waals surface area contributed by atoms with Crippen molar-refractivity contribution in [1.29, 1.82) is 0 Å². The van der Waals surface area contributed by atoms with Crippen LogP contribution in [0.3, 0.4) is 0 Å². The third-order valence-corrected chi connectivity index (χ3v) is 4.12. The molecule has 2 aromatic rings. The molecule has 0 unspecified atom stereocenters. The summed E-state index contributed by atoms with van der Waals surface area (Å²) in [6, 6.07) is 0.527. The van der Waals surface area contributed by atoms with E-state index in [2.05, 4.69) is 38.0 Å².